The van der Waals surface area contributed by atoms with Gasteiger partial charge in [0.25, 0.3) is 5.91 Å². The maximum absolute atomic E-state index is 13.9. The molecule has 0 aliphatic carbocycles. The number of benzene rings is 2. The summed E-state index contributed by atoms with van der Waals surface area (Å²) in [6, 6.07) is 11.8. The summed E-state index contributed by atoms with van der Waals surface area (Å²) in [5.74, 6) is -0.937. The van der Waals surface area contributed by atoms with Gasteiger partial charge in [-0.25, -0.2) is 4.39 Å². The first-order chi connectivity index (χ1) is 9.63. The molecule has 2 aromatic carbocycles. The number of hydrogen-bond donors (Lipinski definition) is 0. The third-order valence-corrected chi connectivity index (χ3v) is 3.48. The first kappa shape index (κ1) is 12.6. The Bertz CT molecular complexity index is 754. The van der Waals surface area contributed by atoms with Crippen LogP contribution in [0.4, 0.5) is 10.1 Å². The van der Waals surface area contributed by atoms with E-state index in [1.807, 2.05) is 6.07 Å². The minimum atomic E-state index is -0.868. The lowest BCUT2D eigenvalue weighted by molar-refractivity contribution is 0.0993. The van der Waals surface area contributed by atoms with Gasteiger partial charge in [-0.1, -0.05) is 23.7 Å². The molecule has 1 aliphatic heterocycles. The molecule has 1 unspecified atom stereocenters. The largest absolute Gasteiger partial charge is 0.285 e. The van der Waals surface area contributed by atoms with Crippen LogP contribution in [0.2, 0.25) is 5.02 Å². The lowest BCUT2D eigenvalue weighted by Gasteiger charge is -2.20. The Labute approximate surface area is 119 Å². The number of rotatable bonds is 1. The van der Waals surface area contributed by atoms with Gasteiger partial charge in [0.05, 0.1) is 11.8 Å². The second kappa shape index (κ2) is 4.62. The van der Waals surface area contributed by atoms with Gasteiger partial charge < -0.3 is 0 Å². The maximum atomic E-state index is 13.9. The molecule has 0 saturated carbocycles. The van der Waals surface area contributed by atoms with Crippen molar-refractivity contribution in [1.82, 2.24) is 0 Å². The van der Waals surface area contributed by atoms with E-state index >= 15 is 0 Å². The molecule has 98 valence electrons. The van der Waals surface area contributed by atoms with Crippen molar-refractivity contribution in [2.24, 2.45) is 0 Å². The van der Waals surface area contributed by atoms with E-state index in [4.69, 9.17) is 11.6 Å². The molecule has 0 aromatic heterocycles. The van der Waals surface area contributed by atoms with Crippen molar-refractivity contribution in [2.75, 3.05) is 4.90 Å². The molecule has 3 rings (SSSR count). The first-order valence-electron chi connectivity index (χ1n) is 5.90. The van der Waals surface area contributed by atoms with Gasteiger partial charge in [-0.15, -0.1) is 0 Å². The number of anilines is 1. The molecule has 1 amide bonds. The highest BCUT2D eigenvalue weighted by molar-refractivity contribution is 6.31. The van der Waals surface area contributed by atoms with Crippen LogP contribution in [0.15, 0.2) is 42.5 Å². The summed E-state index contributed by atoms with van der Waals surface area (Å²) >= 11 is 5.91. The van der Waals surface area contributed by atoms with E-state index in [0.717, 1.165) is 4.90 Å². The van der Waals surface area contributed by atoms with Gasteiger partial charge >= 0.3 is 0 Å². The van der Waals surface area contributed by atoms with E-state index in [2.05, 4.69) is 0 Å². The molecular weight excluding hydrogens is 279 g/mol. The van der Waals surface area contributed by atoms with E-state index in [0.29, 0.717) is 16.1 Å². The zero-order valence-corrected chi connectivity index (χ0v) is 10.9. The third kappa shape index (κ3) is 1.75. The summed E-state index contributed by atoms with van der Waals surface area (Å²) in [5, 5.41) is 9.77. The highest BCUT2D eigenvalue weighted by Crippen LogP contribution is 2.39. The van der Waals surface area contributed by atoms with Gasteiger partial charge in [-0.2, -0.15) is 5.26 Å². The monoisotopic (exact) mass is 286 g/mol. The minimum absolute atomic E-state index is 0.0939. The molecule has 0 bridgehead atoms. The molecule has 0 N–H and O–H groups in total. The number of amides is 1. The fourth-order valence-electron chi connectivity index (χ4n) is 2.36. The van der Waals surface area contributed by atoms with Gasteiger partial charge in [0.2, 0.25) is 0 Å². The Morgan fingerprint density at radius 1 is 1.25 bits per heavy atom. The predicted octanol–water partition coefficient (Wildman–Crippen LogP) is 3.70. The summed E-state index contributed by atoms with van der Waals surface area (Å²) in [6.45, 7) is 0. The third-order valence-electron chi connectivity index (χ3n) is 3.25. The minimum Gasteiger partial charge on any atom is -0.285 e. The summed E-state index contributed by atoms with van der Waals surface area (Å²) < 4.78 is 13.9. The predicted molar refractivity (Wildman–Crippen MR) is 73.0 cm³/mol. The first-order valence-corrected chi connectivity index (χ1v) is 6.28. The molecule has 20 heavy (non-hydrogen) atoms. The van der Waals surface area contributed by atoms with Crippen molar-refractivity contribution in [3.63, 3.8) is 0 Å². The summed E-state index contributed by atoms with van der Waals surface area (Å²) in [6.07, 6.45) is 0. The normalized spacial score (nSPS) is 16.9. The van der Waals surface area contributed by atoms with Crippen molar-refractivity contribution in [1.29, 1.82) is 5.26 Å². The number of halogens is 2. The molecule has 3 nitrogen and oxygen atoms in total. The number of carbonyl (C=O) groups excluding carboxylic acids is 1. The molecule has 0 spiro atoms. The number of carbonyl (C=O) groups is 1. The second-order valence-corrected chi connectivity index (χ2v) is 4.83. The van der Waals surface area contributed by atoms with Gasteiger partial charge in [-0.3, -0.25) is 9.69 Å². The molecule has 5 heteroatoms. The fourth-order valence-corrected chi connectivity index (χ4v) is 2.54. The van der Waals surface area contributed by atoms with Crippen molar-refractivity contribution < 1.29 is 9.18 Å². The number of hydrogen-bond acceptors (Lipinski definition) is 2. The SMILES string of the molecule is N#CC1c2cc(Cl)ccc2C(=O)N1c1ccccc1F. The van der Waals surface area contributed by atoms with Gasteiger partial charge in [0.1, 0.15) is 5.82 Å². The van der Waals surface area contributed by atoms with Crippen LogP contribution in [-0.4, -0.2) is 5.91 Å². The zero-order chi connectivity index (χ0) is 14.3. The van der Waals surface area contributed by atoms with Gasteiger partial charge in [0, 0.05) is 16.1 Å². The van der Waals surface area contributed by atoms with Crippen molar-refractivity contribution in [3.8, 4) is 6.07 Å². The van der Waals surface area contributed by atoms with Crippen LogP contribution in [0.25, 0.3) is 0 Å². The Balaban J connectivity index is 2.18. The van der Waals surface area contributed by atoms with E-state index in [1.54, 1.807) is 24.3 Å². The molecule has 1 heterocycles. The number of nitriles is 1. The molecular formula is C15H8ClFN2O. The molecule has 0 radical (unpaired) electrons. The Morgan fingerprint density at radius 3 is 2.70 bits per heavy atom. The van der Waals surface area contributed by atoms with E-state index in [-0.39, 0.29) is 5.69 Å². The zero-order valence-electron chi connectivity index (χ0n) is 10.2. The van der Waals surface area contributed by atoms with E-state index in [1.165, 1.54) is 18.2 Å². The van der Waals surface area contributed by atoms with E-state index in [9.17, 15) is 14.4 Å². The molecule has 0 fully saturated rings. The summed E-state index contributed by atoms with van der Waals surface area (Å²) in [7, 11) is 0. The van der Waals surface area contributed by atoms with Crippen LogP contribution in [0.5, 0.6) is 0 Å². The van der Waals surface area contributed by atoms with Gasteiger partial charge in [-0.05, 0) is 30.3 Å². The van der Waals surface area contributed by atoms with Crippen molar-refractivity contribution >= 4 is 23.2 Å². The molecule has 2 aromatic rings. The summed E-state index contributed by atoms with van der Waals surface area (Å²) in [4.78, 5) is 13.6. The lowest BCUT2D eigenvalue weighted by Crippen LogP contribution is -2.27. The molecule has 1 atom stereocenters. The summed E-state index contributed by atoms with van der Waals surface area (Å²) in [5.41, 5.74) is 0.980. The Morgan fingerprint density at radius 2 is 2.00 bits per heavy atom. The maximum Gasteiger partial charge on any atom is 0.260 e. The fraction of sp³-hybridized carbons (Fsp3) is 0.0667. The highest BCUT2D eigenvalue weighted by Gasteiger charge is 2.39. The standard InChI is InChI=1S/C15H8ClFN2O/c16-9-5-6-10-11(7-9)14(8-18)19(15(10)20)13-4-2-1-3-12(13)17/h1-7,14H. The number of fused-ring (bicyclic) bond motifs is 1. The Kier molecular flexibility index (Phi) is 2.92. The molecule has 0 saturated heterocycles. The highest BCUT2D eigenvalue weighted by atomic mass is 35.5. The van der Waals surface area contributed by atoms with Crippen molar-refractivity contribution in [2.45, 2.75) is 6.04 Å². The average Bonchev–Trinajstić information content (AvgIpc) is 2.71. The molecule has 1 aliphatic rings. The lowest BCUT2D eigenvalue weighted by atomic mass is 10.1. The van der Waals surface area contributed by atoms with Crippen LogP contribution >= 0.6 is 11.6 Å². The van der Waals surface area contributed by atoms with Crippen LogP contribution in [0.3, 0.4) is 0 Å². The quantitative estimate of drug-likeness (QED) is 0.802. The van der Waals surface area contributed by atoms with Crippen LogP contribution in [0.1, 0.15) is 22.0 Å². The van der Waals surface area contributed by atoms with Crippen molar-refractivity contribution in [3.05, 3.63) is 64.4 Å². The topological polar surface area (TPSA) is 44.1 Å². The van der Waals surface area contributed by atoms with Crippen LogP contribution in [-0.2, 0) is 0 Å². The second-order valence-electron chi connectivity index (χ2n) is 4.39. The Hall–Kier alpha value is -2.38. The average molecular weight is 287 g/mol. The van der Waals surface area contributed by atoms with Crippen LogP contribution < -0.4 is 4.90 Å². The smallest absolute Gasteiger partial charge is 0.260 e. The number of nitrogens with zero attached hydrogens (tertiary/aromatic N) is 2. The number of para-hydroxylation sites is 1. The van der Waals surface area contributed by atoms with Crippen LogP contribution in [0, 0.1) is 17.1 Å². The van der Waals surface area contributed by atoms with Gasteiger partial charge in [0.15, 0.2) is 6.04 Å². The van der Waals surface area contributed by atoms with E-state index < -0.39 is 17.8 Å².